The molecule has 0 aromatic heterocycles. The number of amides is 2. The van der Waals surface area contributed by atoms with Gasteiger partial charge < -0.3 is 10.6 Å². The van der Waals surface area contributed by atoms with Crippen molar-refractivity contribution in [1.29, 1.82) is 0 Å². The number of rotatable bonds is 7. The maximum Gasteiger partial charge on any atom is 0.417 e. The van der Waals surface area contributed by atoms with Crippen LogP contribution in [0, 0.1) is 0 Å². The van der Waals surface area contributed by atoms with E-state index >= 15 is 0 Å². The van der Waals surface area contributed by atoms with Crippen molar-refractivity contribution in [3.63, 3.8) is 0 Å². The lowest BCUT2D eigenvalue weighted by Gasteiger charge is -2.17. The molecular formula is C23H20F3N3O4S. The molecule has 3 N–H and O–H groups in total. The fourth-order valence-electron chi connectivity index (χ4n) is 3.00. The van der Waals surface area contributed by atoms with E-state index in [1.807, 2.05) is 4.72 Å². The maximum atomic E-state index is 13.2. The Balaban J connectivity index is 1.69. The standard InChI is InChI=1S/C23H20F3N3O4S/c1-15(29-34(32,33)20-13-6-5-12-19(20)23(24,25)26)21(30)27-17-10-7-11-18(14-17)28-22(31)16-8-3-2-4-9-16/h2-15,29H,1H3,(H,27,30)(H,28,31)/t15-/m0/s1. The molecule has 0 heterocycles. The van der Waals surface area contributed by atoms with Crippen LogP contribution in [-0.4, -0.2) is 26.3 Å². The topological polar surface area (TPSA) is 104 Å². The lowest BCUT2D eigenvalue weighted by Crippen LogP contribution is -2.42. The predicted octanol–water partition coefficient (Wildman–Crippen LogP) is 4.26. The Bertz CT molecular complexity index is 1300. The minimum atomic E-state index is -4.89. The summed E-state index contributed by atoms with van der Waals surface area (Å²) in [4.78, 5) is 23.8. The molecule has 2 amide bonds. The Morgan fingerprint density at radius 3 is 2.06 bits per heavy atom. The highest BCUT2D eigenvalue weighted by molar-refractivity contribution is 7.89. The van der Waals surface area contributed by atoms with E-state index in [-0.39, 0.29) is 11.6 Å². The van der Waals surface area contributed by atoms with Crippen molar-refractivity contribution in [2.45, 2.75) is 24.0 Å². The first-order chi connectivity index (χ1) is 16.0. The van der Waals surface area contributed by atoms with Crippen LogP contribution >= 0.6 is 0 Å². The summed E-state index contributed by atoms with van der Waals surface area (Å²) < 4.78 is 66.6. The molecular weight excluding hydrogens is 471 g/mol. The molecule has 3 rings (SSSR count). The fraction of sp³-hybridized carbons (Fsp3) is 0.130. The first-order valence-electron chi connectivity index (χ1n) is 9.93. The Labute approximate surface area is 194 Å². The van der Waals surface area contributed by atoms with Gasteiger partial charge in [-0.1, -0.05) is 36.4 Å². The van der Waals surface area contributed by atoms with E-state index in [0.717, 1.165) is 18.2 Å². The molecule has 0 bridgehead atoms. The van der Waals surface area contributed by atoms with Crippen LogP contribution in [0.15, 0.2) is 83.8 Å². The number of hydrogen-bond acceptors (Lipinski definition) is 4. The average Bonchev–Trinajstić information content (AvgIpc) is 2.79. The van der Waals surface area contributed by atoms with E-state index in [1.165, 1.54) is 19.1 Å². The second-order valence-electron chi connectivity index (χ2n) is 7.23. The molecule has 0 saturated heterocycles. The van der Waals surface area contributed by atoms with Crippen LogP contribution < -0.4 is 15.4 Å². The molecule has 34 heavy (non-hydrogen) atoms. The smallest absolute Gasteiger partial charge is 0.325 e. The van der Waals surface area contributed by atoms with Gasteiger partial charge in [-0.05, 0) is 49.4 Å². The summed E-state index contributed by atoms with van der Waals surface area (Å²) in [6, 6.07) is 16.9. The Morgan fingerprint density at radius 2 is 1.41 bits per heavy atom. The van der Waals surface area contributed by atoms with Crippen LogP contribution in [0.1, 0.15) is 22.8 Å². The van der Waals surface area contributed by atoms with E-state index in [0.29, 0.717) is 17.3 Å². The van der Waals surface area contributed by atoms with Gasteiger partial charge in [0.25, 0.3) is 5.91 Å². The summed E-state index contributed by atoms with van der Waals surface area (Å²) in [7, 11) is -4.65. The monoisotopic (exact) mass is 491 g/mol. The van der Waals surface area contributed by atoms with Crippen LogP contribution in [-0.2, 0) is 21.0 Å². The van der Waals surface area contributed by atoms with E-state index in [2.05, 4.69) is 10.6 Å². The highest BCUT2D eigenvalue weighted by Crippen LogP contribution is 2.34. The molecule has 7 nitrogen and oxygen atoms in total. The van der Waals surface area contributed by atoms with Crippen LogP contribution in [0.3, 0.4) is 0 Å². The number of alkyl halides is 3. The van der Waals surface area contributed by atoms with Gasteiger partial charge in [0.15, 0.2) is 0 Å². The Hall–Kier alpha value is -3.70. The first kappa shape index (κ1) is 24.9. The molecule has 0 radical (unpaired) electrons. The minimum Gasteiger partial charge on any atom is -0.325 e. The number of hydrogen-bond donors (Lipinski definition) is 3. The number of carbonyl (C=O) groups excluding carboxylic acids is 2. The van der Waals surface area contributed by atoms with Gasteiger partial charge in [-0.3, -0.25) is 9.59 Å². The van der Waals surface area contributed by atoms with Gasteiger partial charge in [0.2, 0.25) is 15.9 Å². The number of nitrogens with one attached hydrogen (secondary N) is 3. The van der Waals surface area contributed by atoms with Crippen LogP contribution in [0.4, 0.5) is 24.5 Å². The van der Waals surface area contributed by atoms with Crippen molar-refractivity contribution >= 4 is 33.2 Å². The molecule has 0 saturated carbocycles. The molecule has 178 valence electrons. The van der Waals surface area contributed by atoms with Crippen molar-refractivity contribution in [3.05, 3.63) is 90.0 Å². The summed E-state index contributed by atoms with van der Waals surface area (Å²) in [5.74, 6) is -1.17. The van der Waals surface area contributed by atoms with E-state index in [4.69, 9.17) is 0 Å². The molecule has 0 fully saturated rings. The second-order valence-corrected chi connectivity index (χ2v) is 8.91. The number of sulfonamides is 1. The largest absolute Gasteiger partial charge is 0.417 e. The van der Waals surface area contributed by atoms with Gasteiger partial charge in [-0.15, -0.1) is 0 Å². The molecule has 1 atom stereocenters. The summed E-state index contributed by atoms with van der Waals surface area (Å²) in [6.07, 6.45) is -4.89. The van der Waals surface area contributed by atoms with Gasteiger partial charge in [0.1, 0.15) is 0 Å². The predicted molar refractivity (Wildman–Crippen MR) is 121 cm³/mol. The summed E-state index contributed by atoms with van der Waals surface area (Å²) in [6.45, 7) is 1.20. The zero-order valence-corrected chi connectivity index (χ0v) is 18.6. The molecule has 0 spiro atoms. The fourth-order valence-corrected chi connectivity index (χ4v) is 4.43. The van der Waals surface area contributed by atoms with Crippen LogP contribution in [0.5, 0.6) is 0 Å². The third kappa shape index (κ3) is 6.21. The van der Waals surface area contributed by atoms with E-state index in [1.54, 1.807) is 42.5 Å². The first-order valence-corrected chi connectivity index (χ1v) is 11.4. The summed E-state index contributed by atoms with van der Waals surface area (Å²) in [5, 5.41) is 5.15. The van der Waals surface area contributed by atoms with Crippen LogP contribution in [0.25, 0.3) is 0 Å². The third-order valence-electron chi connectivity index (χ3n) is 4.63. The second kappa shape index (κ2) is 10.1. The van der Waals surface area contributed by atoms with Gasteiger partial charge in [0.05, 0.1) is 16.5 Å². The molecule has 0 unspecified atom stereocenters. The minimum absolute atomic E-state index is 0.248. The third-order valence-corrected chi connectivity index (χ3v) is 6.23. The van der Waals surface area contributed by atoms with Crippen molar-refractivity contribution < 1.29 is 31.2 Å². The van der Waals surface area contributed by atoms with Crippen LogP contribution in [0.2, 0.25) is 0 Å². The summed E-state index contributed by atoms with van der Waals surface area (Å²) in [5.41, 5.74) is -0.285. The molecule has 0 aliphatic rings. The quantitative estimate of drug-likeness (QED) is 0.459. The van der Waals surface area contributed by atoms with Gasteiger partial charge in [-0.2, -0.15) is 17.9 Å². The lowest BCUT2D eigenvalue weighted by molar-refractivity contribution is -0.139. The van der Waals surface area contributed by atoms with Gasteiger partial charge in [-0.25, -0.2) is 8.42 Å². The number of carbonyl (C=O) groups is 2. The molecule has 3 aromatic rings. The lowest BCUT2D eigenvalue weighted by atomic mass is 10.2. The maximum absolute atomic E-state index is 13.2. The van der Waals surface area contributed by atoms with E-state index in [9.17, 15) is 31.2 Å². The Morgan fingerprint density at radius 1 is 0.824 bits per heavy atom. The highest BCUT2D eigenvalue weighted by Gasteiger charge is 2.37. The number of halogens is 3. The van der Waals surface area contributed by atoms with Crippen molar-refractivity contribution in [3.8, 4) is 0 Å². The average molecular weight is 491 g/mol. The number of anilines is 2. The van der Waals surface area contributed by atoms with Crippen molar-refractivity contribution in [2.75, 3.05) is 10.6 Å². The zero-order chi connectivity index (χ0) is 24.9. The zero-order valence-electron chi connectivity index (χ0n) is 17.8. The van der Waals surface area contributed by atoms with Gasteiger partial charge in [0, 0.05) is 16.9 Å². The normalized spacial score (nSPS) is 12.6. The SMILES string of the molecule is C[C@H](NS(=O)(=O)c1ccccc1C(F)(F)F)C(=O)Nc1cccc(NC(=O)c2ccccc2)c1. The molecule has 11 heteroatoms. The highest BCUT2D eigenvalue weighted by atomic mass is 32.2. The summed E-state index contributed by atoms with van der Waals surface area (Å²) >= 11 is 0. The Kier molecular flexibility index (Phi) is 7.38. The van der Waals surface area contributed by atoms with Crippen molar-refractivity contribution in [2.24, 2.45) is 0 Å². The molecule has 3 aromatic carbocycles. The molecule has 0 aliphatic carbocycles. The van der Waals surface area contributed by atoms with E-state index < -0.39 is 38.6 Å². The molecule has 0 aliphatic heterocycles. The van der Waals surface area contributed by atoms with Gasteiger partial charge >= 0.3 is 6.18 Å². The number of benzene rings is 3. The van der Waals surface area contributed by atoms with Crippen molar-refractivity contribution in [1.82, 2.24) is 4.72 Å².